The van der Waals surface area contributed by atoms with Crippen LogP contribution in [0.5, 0.6) is 0 Å². The zero-order valence-electron chi connectivity index (χ0n) is 47.9. The lowest BCUT2D eigenvalue weighted by Crippen LogP contribution is -2.07. The highest BCUT2D eigenvalue weighted by atomic mass is 15.2. The van der Waals surface area contributed by atoms with Crippen LogP contribution in [0.15, 0.2) is 287 Å². The van der Waals surface area contributed by atoms with Crippen LogP contribution in [-0.2, 0) is 6.42 Å². The zero-order chi connectivity index (χ0) is 57.4. The molecule has 404 valence electrons. The summed E-state index contributed by atoms with van der Waals surface area (Å²) in [7, 11) is 0. The molecule has 0 fully saturated rings. The van der Waals surface area contributed by atoms with Crippen molar-refractivity contribution in [2.45, 2.75) is 53.9 Å². The number of hydrogen-bond donors (Lipinski definition) is 0. The van der Waals surface area contributed by atoms with E-state index in [0.29, 0.717) is 17.6 Å². The van der Waals surface area contributed by atoms with Gasteiger partial charge in [-0.3, -0.25) is 4.57 Å². The largest absolute Gasteiger partial charge is 0.309 e. The van der Waals surface area contributed by atoms with Gasteiger partial charge in [0.25, 0.3) is 0 Å². The molecule has 1 aliphatic rings. The fourth-order valence-electron chi connectivity index (χ4n) is 10.6. The van der Waals surface area contributed by atoms with Crippen molar-refractivity contribution in [1.82, 2.24) is 24.1 Å². The molecule has 3 aromatic heterocycles. The number of nitrogens with zero attached hydrogens (tertiary/aromatic N) is 5. The molecule has 0 N–H and O–H groups in total. The number of allylic oxidation sites excluding steroid dienone is 20. The van der Waals surface area contributed by atoms with Crippen molar-refractivity contribution < 1.29 is 0 Å². The molecule has 5 heteroatoms. The van der Waals surface area contributed by atoms with Crippen LogP contribution in [0.25, 0.3) is 100 Å². The van der Waals surface area contributed by atoms with E-state index in [-0.39, 0.29) is 0 Å². The van der Waals surface area contributed by atoms with Gasteiger partial charge < -0.3 is 4.57 Å². The Morgan fingerprint density at radius 1 is 0.537 bits per heavy atom. The van der Waals surface area contributed by atoms with Crippen LogP contribution in [0.3, 0.4) is 0 Å². The van der Waals surface area contributed by atoms with Gasteiger partial charge in [-0.25, -0.2) is 4.98 Å². The number of fused-ring (bicyclic) bond motifs is 7. The summed E-state index contributed by atoms with van der Waals surface area (Å²) in [5.41, 5.74) is 18.0. The molecular formula is C77H71N5. The summed E-state index contributed by atoms with van der Waals surface area (Å²) in [4.78, 5) is 15.1. The number of benzene rings is 7. The van der Waals surface area contributed by atoms with Gasteiger partial charge in [0, 0.05) is 38.4 Å². The highest BCUT2D eigenvalue weighted by molar-refractivity contribution is 6.12. The molecule has 0 aliphatic heterocycles. The van der Waals surface area contributed by atoms with Gasteiger partial charge in [-0.05, 0) is 146 Å². The van der Waals surface area contributed by atoms with E-state index in [0.717, 1.165) is 74.5 Å². The summed E-state index contributed by atoms with van der Waals surface area (Å²) in [6, 6.07) is 54.5. The second kappa shape index (κ2) is 27.3. The second-order valence-electron chi connectivity index (χ2n) is 19.8. The zero-order valence-corrected chi connectivity index (χ0v) is 47.9. The summed E-state index contributed by atoms with van der Waals surface area (Å²) >= 11 is 0. The number of hydrogen-bond acceptors (Lipinski definition) is 3. The molecule has 0 unspecified atom stereocenters. The van der Waals surface area contributed by atoms with Gasteiger partial charge in [-0.2, -0.15) is 9.97 Å². The number of unbranched alkanes of at least 4 members (excludes halogenated alkanes) is 1. The molecular weight excluding hydrogens is 995 g/mol. The summed E-state index contributed by atoms with van der Waals surface area (Å²) in [6.07, 6.45) is 37.3. The average Bonchev–Trinajstić information content (AvgIpc) is 3.87. The molecule has 7 aromatic carbocycles. The van der Waals surface area contributed by atoms with Crippen LogP contribution in [0.4, 0.5) is 0 Å². The standard InChI is InChI=1S/C63H49N5.C9H14.C5H8/c1-6-9-21-43(7-2)61-64-62(47-23-14-11-15-24-47)66-63(65-61)68-57-28-19-17-26-52(57)54-40-49(35-38-59(54)68)45-31-29-44(30-32-45)48-34-37-58-53(39-48)51-25-16-18-27-56(51)67(58)55-36-33-46-22-13-10-12-20-41(4)50(8-3)60(46)42(55)5;1-3-5-7-9-8-6-4-2;1-3-5-4-2/h6-21,23-40H,2,4,22H2,1,3,5H3;3-7H,1,8-9H2,2H3;3-5H,1H2,2H3/b9-6-,13-10-,20-12-,43-21+,50-8-;6-4-,7-5-;5-4-. The van der Waals surface area contributed by atoms with E-state index in [1.807, 2.05) is 87.6 Å². The SMILES string of the molecule is C=C/C(=C\C=C/C)c1nc(-c2ccccc2)nc(-n2c3ccccc3c3cc(-c4ccc(-c5ccc6c(c5)c5ccccc5n6-c5ccc6c(c5C)/C(=C\C)C(=C)/C=C\C=C/C6)cc4)ccc32)n1.C=C/C=C\C.C=C/C=C\CC/C=C\C. The maximum absolute atomic E-state index is 5.10. The van der Waals surface area contributed by atoms with Gasteiger partial charge in [0.2, 0.25) is 5.95 Å². The molecule has 3 heterocycles. The third-order valence-electron chi connectivity index (χ3n) is 14.6. The fourth-order valence-corrected chi connectivity index (χ4v) is 10.6. The number of aromatic nitrogens is 5. The molecule has 0 radical (unpaired) electrons. The second-order valence-corrected chi connectivity index (χ2v) is 19.8. The van der Waals surface area contributed by atoms with Crippen LogP contribution >= 0.6 is 0 Å². The number of rotatable bonds is 13. The van der Waals surface area contributed by atoms with Gasteiger partial charge >= 0.3 is 0 Å². The van der Waals surface area contributed by atoms with Crippen molar-refractivity contribution >= 4 is 54.8 Å². The van der Waals surface area contributed by atoms with Crippen molar-refractivity contribution in [1.29, 1.82) is 0 Å². The van der Waals surface area contributed by atoms with E-state index in [9.17, 15) is 0 Å². The molecule has 5 nitrogen and oxygen atoms in total. The maximum Gasteiger partial charge on any atom is 0.238 e. The molecule has 11 rings (SSSR count). The smallest absolute Gasteiger partial charge is 0.238 e. The van der Waals surface area contributed by atoms with E-state index < -0.39 is 0 Å². The predicted octanol–water partition coefficient (Wildman–Crippen LogP) is 21.0. The average molecular weight is 1070 g/mol. The van der Waals surface area contributed by atoms with Crippen LogP contribution < -0.4 is 0 Å². The molecule has 0 atom stereocenters. The first-order valence-electron chi connectivity index (χ1n) is 28.2. The quantitative estimate of drug-likeness (QED) is 0.0657. The Labute approximate surface area is 484 Å². The van der Waals surface area contributed by atoms with E-state index in [2.05, 4.69) is 219 Å². The first-order valence-corrected chi connectivity index (χ1v) is 28.2. The molecule has 10 aromatic rings. The predicted molar refractivity (Wildman–Crippen MR) is 356 cm³/mol. The first kappa shape index (κ1) is 56.7. The van der Waals surface area contributed by atoms with Gasteiger partial charge in [-0.15, -0.1) is 0 Å². The van der Waals surface area contributed by atoms with Crippen LogP contribution in [-0.4, -0.2) is 24.1 Å². The van der Waals surface area contributed by atoms with Crippen molar-refractivity contribution in [3.05, 3.63) is 309 Å². The molecule has 82 heavy (non-hydrogen) atoms. The van der Waals surface area contributed by atoms with Crippen LogP contribution in [0.1, 0.15) is 63.1 Å². The minimum absolute atomic E-state index is 0.550. The Kier molecular flexibility index (Phi) is 18.9. The summed E-state index contributed by atoms with van der Waals surface area (Å²) in [5.74, 6) is 1.71. The number of para-hydroxylation sites is 2. The minimum Gasteiger partial charge on any atom is -0.309 e. The lowest BCUT2D eigenvalue weighted by Gasteiger charge is -2.20. The molecule has 1 aliphatic carbocycles. The Bertz CT molecular complexity index is 4230. The molecule has 0 bridgehead atoms. The van der Waals surface area contributed by atoms with E-state index in [1.165, 1.54) is 55.3 Å². The fraction of sp³-hybridized carbons (Fsp3) is 0.104. The van der Waals surface area contributed by atoms with Gasteiger partial charge in [-0.1, -0.05) is 239 Å². The van der Waals surface area contributed by atoms with Crippen molar-refractivity contribution in [2.75, 3.05) is 0 Å². The third-order valence-corrected chi connectivity index (χ3v) is 14.6. The maximum atomic E-state index is 5.10. The Hall–Kier alpha value is -9.97. The van der Waals surface area contributed by atoms with Gasteiger partial charge in [0.05, 0.1) is 22.1 Å². The van der Waals surface area contributed by atoms with Crippen molar-refractivity contribution in [2.24, 2.45) is 0 Å². The first-order chi connectivity index (χ1) is 40.3. The molecule has 0 spiro atoms. The topological polar surface area (TPSA) is 48.5 Å². The lowest BCUT2D eigenvalue weighted by atomic mass is 9.88. The van der Waals surface area contributed by atoms with Gasteiger partial charge in [0.15, 0.2) is 11.6 Å². The molecule has 0 saturated carbocycles. The minimum atomic E-state index is 0.550. The van der Waals surface area contributed by atoms with E-state index in [4.69, 9.17) is 15.0 Å². The highest BCUT2D eigenvalue weighted by Gasteiger charge is 2.22. The summed E-state index contributed by atoms with van der Waals surface area (Å²) < 4.78 is 4.60. The molecule has 0 saturated heterocycles. The summed E-state index contributed by atoms with van der Waals surface area (Å²) in [6.45, 7) is 25.9. The van der Waals surface area contributed by atoms with E-state index >= 15 is 0 Å². The normalized spacial score (nSPS) is 14.0. The van der Waals surface area contributed by atoms with Crippen molar-refractivity contribution in [3.8, 4) is 45.3 Å². The van der Waals surface area contributed by atoms with Gasteiger partial charge in [0.1, 0.15) is 0 Å². The van der Waals surface area contributed by atoms with E-state index in [1.54, 1.807) is 18.2 Å². The third kappa shape index (κ3) is 12.3. The van der Waals surface area contributed by atoms with Crippen LogP contribution in [0.2, 0.25) is 0 Å². The molecule has 0 amide bonds. The monoisotopic (exact) mass is 1070 g/mol. The van der Waals surface area contributed by atoms with Crippen LogP contribution in [0, 0.1) is 6.92 Å². The summed E-state index contributed by atoms with van der Waals surface area (Å²) in [5, 5.41) is 4.70. The highest BCUT2D eigenvalue weighted by Crippen LogP contribution is 2.40. The van der Waals surface area contributed by atoms with Crippen molar-refractivity contribution in [3.63, 3.8) is 0 Å². The Morgan fingerprint density at radius 3 is 1.72 bits per heavy atom. The lowest BCUT2D eigenvalue weighted by molar-refractivity contribution is 0.932. The Balaban J connectivity index is 0.000000516. The Morgan fingerprint density at radius 2 is 1.12 bits per heavy atom.